The molecule has 1 N–H and O–H groups in total. The summed E-state index contributed by atoms with van der Waals surface area (Å²) in [6, 6.07) is 13.6. The van der Waals surface area contributed by atoms with Gasteiger partial charge in [-0.1, -0.05) is 44.2 Å². The van der Waals surface area contributed by atoms with Gasteiger partial charge >= 0.3 is 5.97 Å². The Bertz CT molecular complexity index is 960. The Kier molecular flexibility index (Phi) is 5.28. The highest BCUT2D eigenvalue weighted by Gasteiger charge is 2.26. The lowest BCUT2D eigenvalue weighted by atomic mass is 9.86. The van der Waals surface area contributed by atoms with E-state index in [0.29, 0.717) is 29.2 Å². The summed E-state index contributed by atoms with van der Waals surface area (Å²) in [5.74, 6) is 0.445. The molecule has 0 unspecified atom stereocenters. The van der Waals surface area contributed by atoms with Crippen molar-refractivity contribution in [3.05, 3.63) is 52.9 Å². The first-order valence-corrected chi connectivity index (χ1v) is 9.29. The topological polar surface area (TPSA) is 65.0 Å². The fraction of sp³-hybridized carbons (Fsp3) is 0.286. The van der Waals surface area contributed by atoms with Crippen LogP contribution in [-0.4, -0.2) is 31.9 Å². The van der Waals surface area contributed by atoms with Crippen molar-refractivity contribution in [2.24, 2.45) is 0 Å². The summed E-state index contributed by atoms with van der Waals surface area (Å²) in [7, 11) is 3.10. The Hall–Kier alpha value is -2.73. The van der Waals surface area contributed by atoms with E-state index < -0.39 is 5.97 Å². The maximum atomic E-state index is 11.8. The normalized spacial score (nSPS) is 11.4. The second kappa shape index (κ2) is 7.48. The minimum Gasteiger partial charge on any atom is -0.493 e. The molecule has 0 atom stereocenters. The molecule has 5 nitrogen and oxygen atoms in total. The first-order chi connectivity index (χ1) is 12.9. The fourth-order valence-corrected chi connectivity index (χ4v) is 3.91. The molecule has 0 aliphatic carbocycles. The lowest BCUT2D eigenvalue weighted by molar-refractivity contribution is 0.0697. The maximum Gasteiger partial charge on any atom is 0.349 e. The number of rotatable bonds is 7. The standard InChI is InChI=1S/C21H22O5S/c1-21(2,13-8-6-5-7-9-13)12-26-18-14-10-15(24-3)16(25-4)11-17(14)27-19(18)20(22)23/h5-11H,12H2,1-4H3,(H,22,23). The van der Waals surface area contributed by atoms with Gasteiger partial charge in [-0.05, 0) is 11.6 Å². The van der Waals surface area contributed by atoms with E-state index in [-0.39, 0.29) is 10.3 Å². The second-order valence-corrected chi connectivity index (χ2v) is 7.86. The summed E-state index contributed by atoms with van der Waals surface area (Å²) in [6.45, 7) is 4.49. The molecule has 0 bridgehead atoms. The lowest BCUT2D eigenvalue weighted by Crippen LogP contribution is -2.26. The van der Waals surface area contributed by atoms with Crippen molar-refractivity contribution in [1.82, 2.24) is 0 Å². The van der Waals surface area contributed by atoms with E-state index in [1.54, 1.807) is 26.4 Å². The number of ether oxygens (including phenoxy) is 3. The van der Waals surface area contributed by atoms with Gasteiger partial charge in [-0.3, -0.25) is 0 Å². The van der Waals surface area contributed by atoms with Gasteiger partial charge in [0.1, 0.15) is 0 Å². The van der Waals surface area contributed by atoms with E-state index in [0.717, 1.165) is 10.3 Å². The molecule has 0 amide bonds. The third-order valence-corrected chi connectivity index (χ3v) is 5.60. The number of aromatic carboxylic acids is 1. The summed E-state index contributed by atoms with van der Waals surface area (Å²) < 4.78 is 17.5. The minimum absolute atomic E-state index is 0.171. The molecule has 1 heterocycles. The van der Waals surface area contributed by atoms with Gasteiger partial charge in [0, 0.05) is 21.6 Å². The molecule has 2 aromatic carbocycles. The van der Waals surface area contributed by atoms with Crippen LogP contribution in [0.15, 0.2) is 42.5 Å². The molecule has 3 rings (SSSR count). The monoisotopic (exact) mass is 386 g/mol. The average molecular weight is 386 g/mol. The van der Waals surface area contributed by atoms with Gasteiger partial charge in [0.25, 0.3) is 0 Å². The number of carbonyl (C=O) groups is 1. The number of hydrogen-bond donors (Lipinski definition) is 1. The van der Waals surface area contributed by atoms with Crippen LogP contribution in [0.5, 0.6) is 17.2 Å². The van der Waals surface area contributed by atoms with Gasteiger partial charge in [0.05, 0.1) is 20.8 Å². The highest BCUT2D eigenvalue weighted by atomic mass is 32.1. The van der Waals surface area contributed by atoms with E-state index in [2.05, 4.69) is 13.8 Å². The quantitative estimate of drug-likeness (QED) is 0.621. The van der Waals surface area contributed by atoms with Crippen LogP contribution >= 0.6 is 11.3 Å². The Morgan fingerprint density at radius 1 is 1.07 bits per heavy atom. The molecule has 0 saturated carbocycles. The molecule has 0 radical (unpaired) electrons. The van der Waals surface area contributed by atoms with E-state index in [1.165, 1.54) is 11.3 Å². The Balaban J connectivity index is 2.02. The number of hydrogen-bond acceptors (Lipinski definition) is 5. The van der Waals surface area contributed by atoms with Crippen LogP contribution in [0.4, 0.5) is 0 Å². The van der Waals surface area contributed by atoms with Crippen molar-refractivity contribution in [3.63, 3.8) is 0 Å². The van der Waals surface area contributed by atoms with Crippen LogP contribution in [0.3, 0.4) is 0 Å². The molecule has 27 heavy (non-hydrogen) atoms. The van der Waals surface area contributed by atoms with Crippen LogP contribution in [0.25, 0.3) is 10.1 Å². The van der Waals surface area contributed by atoms with Gasteiger partial charge in [0.15, 0.2) is 22.1 Å². The van der Waals surface area contributed by atoms with Crippen molar-refractivity contribution in [3.8, 4) is 17.2 Å². The van der Waals surface area contributed by atoms with Crippen molar-refractivity contribution in [2.45, 2.75) is 19.3 Å². The molecular formula is C21H22O5S. The predicted molar refractivity (Wildman–Crippen MR) is 107 cm³/mol. The summed E-state index contributed by atoms with van der Waals surface area (Å²) in [6.07, 6.45) is 0. The Morgan fingerprint density at radius 2 is 1.70 bits per heavy atom. The van der Waals surface area contributed by atoms with Crippen LogP contribution in [0.1, 0.15) is 29.1 Å². The van der Waals surface area contributed by atoms with Crippen LogP contribution in [0.2, 0.25) is 0 Å². The zero-order chi connectivity index (χ0) is 19.6. The maximum absolute atomic E-state index is 11.8. The van der Waals surface area contributed by atoms with Crippen LogP contribution < -0.4 is 14.2 Å². The molecule has 3 aromatic rings. The fourth-order valence-electron chi connectivity index (χ4n) is 2.91. The van der Waals surface area contributed by atoms with E-state index in [1.807, 2.05) is 30.3 Å². The molecule has 142 valence electrons. The number of methoxy groups -OCH3 is 2. The summed E-state index contributed by atoms with van der Waals surface area (Å²) in [4.78, 5) is 11.9. The highest BCUT2D eigenvalue weighted by Crippen LogP contribution is 2.44. The SMILES string of the molecule is COc1cc2sc(C(=O)O)c(OCC(C)(C)c3ccccc3)c2cc1OC. The summed E-state index contributed by atoms with van der Waals surface area (Å²) >= 11 is 1.17. The highest BCUT2D eigenvalue weighted by molar-refractivity contribution is 7.21. The van der Waals surface area contributed by atoms with Crippen molar-refractivity contribution in [1.29, 1.82) is 0 Å². The second-order valence-electron chi connectivity index (χ2n) is 6.81. The molecule has 6 heteroatoms. The van der Waals surface area contributed by atoms with Gasteiger partial charge in [-0.25, -0.2) is 4.79 Å². The zero-order valence-corrected chi connectivity index (χ0v) is 16.6. The molecule has 0 saturated heterocycles. The predicted octanol–water partition coefficient (Wildman–Crippen LogP) is 4.97. The van der Waals surface area contributed by atoms with E-state index in [4.69, 9.17) is 14.2 Å². The number of carboxylic acid groups (broad SMARTS) is 1. The molecule has 0 spiro atoms. The first kappa shape index (κ1) is 19.0. The van der Waals surface area contributed by atoms with E-state index in [9.17, 15) is 9.90 Å². The van der Waals surface area contributed by atoms with Gasteiger partial charge in [0.2, 0.25) is 0 Å². The van der Waals surface area contributed by atoms with Gasteiger partial charge in [-0.15, -0.1) is 11.3 Å². The van der Waals surface area contributed by atoms with Gasteiger partial charge in [-0.2, -0.15) is 0 Å². The molecule has 0 fully saturated rings. The summed E-state index contributed by atoms with van der Waals surface area (Å²) in [5, 5.41) is 10.3. The minimum atomic E-state index is -1.01. The number of carboxylic acids is 1. The van der Waals surface area contributed by atoms with Crippen LogP contribution in [0, 0.1) is 0 Å². The van der Waals surface area contributed by atoms with Crippen molar-refractivity contribution >= 4 is 27.4 Å². The molecule has 1 aromatic heterocycles. The number of benzene rings is 2. The third-order valence-electron chi connectivity index (χ3n) is 4.48. The van der Waals surface area contributed by atoms with E-state index >= 15 is 0 Å². The van der Waals surface area contributed by atoms with Crippen molar-refractivity contribution < 1.29 is 24.1 Å². The number of fused-ring (bicyclic) bond motifs is 1. The Morgan fingerprint density at radius 3 is 2.30 bits per heavy atom. The van der Waals surface area contributed by atoms with Crippen molar-refractivity contribution in [2.75, 3.05) is 20.8 Å². The zero-order valence-electron chi connectivity index (χ0n) is 15.7. The largest absolute Gasteiger partial charge is 0.493 e. The van der Waals surface area contributed by atoms with Crippen LogP contribution in [-0.2, 0) is 5.41 Å². The smallest absolute Gasteiger partial charge is 0.349 e. The summed E-state index contributed by atoms with van der Waals surface area (Å²) in [5.41, 5.74) is 0.850. The Labute approximate surface area is 162 Å². The van der Waals surface area contributed by atoms with Gasteiger partial charge < -0.3 is 19.3 Å². The first-order valence-electron chi connectivity index (χ1n) is 8.47. The number of thiophene rings is 1. The molecule has 0 aliphatic rings. The molecular weight excluding hydrogens is 364 g/mol. The third kappa shape index (κ3) is 3.71. The molecule has 0 aliphatic heterocycles. The average Bonchev–Trinajstić information content (AvgIpc) is 3.03. The lowest BCUT2D eigenvalue weighted by Gasteiger charge is -2.25.